The number of anilines is 1. The Hall–Kier alpha value is -1.40. The highest BCUT2D eigenvalue weighted by atomic mass is 32.2. The van der Waals surface area contributed by atoms with E-state index in [-0.39, 0.29) is 23.8 Å². The van der Waals surface area contributed by atoms with Crippen molar-refractivity contribution < 1.29 is 13.2 Å². The molecule has 0 aromatic heterocycles. The van der Waals surface area contributed by atoms with Gasteiger partial charge in [0, 0.05) is 24.9 Å². The van der Waals surface area contributed by atoms with E-state index in [9.17, 15) is 13.2 Å². The van der Waals surface area contributed by atoms with Crippen LogP contribution in [0.1, 0.15) is 12.0 Å². The Balaban J connectivity index is 3.03. The standard InChI is InChI=1S/C11H16N2O3S/c1-8-3-4-9(17(2,15)16)7-10(8)13-11(14)5-6-12/h3-4,7H,5-6,12H2,1-2H3,(H,13,14). The van der Waals surface area contributed by atoms with Crippen molar-refractivity contribution in [3.05, 3.63) is 23.8 Å². The number of hydrogen-bond donors (Lipinski definition) is 2. The summed E-state index contributed by atoms with van der Waals surface area (Å²) in [5.41, 5.74) is 6.58. The fourth-order valence-corrected chi connectivity index (χ4v) is 1.96. The van der Waals surface area contributed by atoms with E-state index < -0.39 is 9.84 Å². The number of hydrogen-bond acceptors (Lipinski definition) is 4. The Kier molecular flexibility index (Phi) is 4.25. The summed E-state index contributed by atoms with van der Waals surface area (Å²) in [5.74, 6) is -0.221. The molecule has 3 N–H and O–H groups in total. The van der Waals surface area contributed by atoms with Crippen molar-refractivity contribution in [3.8, 4) is 0 Å². The Morgan fingerprint density at radius 1 is 1.41 bits per heavy atom. The lowest BCUT2D eigenvalue weighted by Crippen LogP contribution is -2.17. The van der Waals surface area contributed by atoms with E-state index in [0.717, 1.165) is 11.8 Å². The van der Waals surface area contributed by atoms with E-state index in [1.54, 1.807) is 13.0 Å². The predicted molar refractivity (Wildman–Crippen MR) is 66.6 cm³/mol. The second-order valence-corrected chi connectivity index (χ2v) is 5.85. The molecule has 0 radical (unpaired) electrons. The SMILES string of the molecule is Cc1ccc(S(C)(=O)=O)cc1NC(=O)CCN. The molecule has 0 heterocycles. The summed E-state index contributed by atoms with van der Waals surface area (Å²) in [6.07, 6.45) is 1.34. The molecule has 0 bridgehead atoms. The van der Waals surface area contributed by atoms with Gasteiger partial charge in [0.1, 0.15) is 0 Å². The molecule has 0 fully saturated rings. The van der Waals surface area contributed by atoms with Crippen LogP contribution in [0.2, 0.25) is 0 Å². The number of carbonyl (C=O) groups is 1. The monoisotopic (exact) mass is 256 g/mol. The minimum absolute atomic E-state index is 0.186. The Morgan fingerprint density at radius 2 is 2.06 bits per heavy atom. The molecule has 0 spiro atoms. The first-order valence-electron chi connectivity index (χ1n) is 5.15. The summed E-state index contributed by atoms with van der Waals surface area (Å²) in [4.78, 5) is 11.6. The first-order chi connectivity index (χ1) is 7.84. The summed E-state index contributed by atoms with van der Waals surface area (Å²) in [7, 11) is -3.27. The maximum atomic E-state index is 11.4. The number of benzene rings is 1. The van der Waals surface area contributed by atoms with E-state index in [4.69, 9.17) is 5.73 Å². The lowest BCUT2D eigenvalue weighted by Gasteiger charge is -2.09. The van der Waals surface area contributed by atoms with Crippen molar-refractivity contribution >= 4 is 21.4 Å². The normalized spacial score (nSPS) is 11.2. The second-order valence-electron chi connectivity index (χ2n) is 3.84. The zero-order chi connectivity index (χ0) is 13.1. The van der Waals surface area contributed by atoms with Crippen molar-refractivity contribution in [2.75, 3.05) is 18.1 Å². The highest BCUT2D eigenvalue weighted by Gasteiger charge is 2.10. The molecule has 0 atom stereocenters. The lowest BCUT2D eigenvalue weighted by molar-refractivity contribution is -0.116. The van der Waals surface area contributed by atoms with Crippen molar-refractivity contribution in [3.63, 3.8) is 0 Å². The van der Waals surface area contributed by atoms with Gasteiger partial charge in [0.2, 0.25) is 5.91 Å². The van der Waals surface area contributed by atoms with Crippen LogP contribution in [-0.4, -0.2) is 27.1 Å². The van der Waals surface area contributed by atoms with Gasteiger partial charge >= 0.3 is 0 Å². The number of sulfone groups is 1. The zero-order valence-electron chi connectivity index (χ0n) is 9.86. The molecule has 1 aromatic rings. The molecule has 0 aliphatic carbocycles. The van der Waals surface area contributed by atoms with Crippen LogP contribution >= 0.6 is 0 Å². The summed E-state index contributed by atoms with van der Waals surface area (Å²) in [6.45, 7) is 2.06. The molecule has 0 saturated heterocycles. The molecule has 1 aromatic carbocycles. The predicted octanol–water partition coefficient (Wildman–Crippen LogP) is 0.686. The number of aryl methyl sites for hydroxylation is 1. The maximum Gasteiger partial charge on any atom is 0.225 e. The van der Waals surface area contributed by atoms with Gasteiger partial charge in [0.05, 0.1) is 4.90 Å². The van der Waals surface area contributed by atoms with Gasteiger partial charge in [-0.1, -0.05) is 6.07 Å². The molecular weight excluding hydrogens is 240 g/mol. The third-order valence-electron chi connectivity index (χ3n) is 2.28. The first kappa shape index (κ1) is 13.7. The number of nitrogens with two attached hydrogens (primary N) is 1. The number of amides is 1. The van der Waals surface area contributed by atoms with Gasteiger partial charge in [-0.2, -0.15) is 0 Å². The fourth-order valence-electron chi connectivity index (χ4n) is 1.31. The van der Waals surface area contributed by atoms with Crippen LogP contribution in [-0.2, 0) is 14.6 Å². The third-order valence-corrected chi connectivity index (χ3v) is 3.39. The van der Waals surface area contributed by atoms with Crippen LogP contribution in [0.3, 0.4) is 0 Å². The molecule has 5 nitrogen and oxygen atoms in total. The first-order valence-corrected chi connectivity index (χ1v) is 7.04. The molecule has 94 valence electrons. The largest absolute Gasteiger partial charge is 0.330 e. The average Bonchev–Trinajstić information content (AvgIpc) is 2.20. The van der Waals surface area contributed by atoms with Crippen LogP contribution < -0.4 is 11.1 Å². The van der Waals surface area contributed by atoms with Crippen molar-refractivity contribution in [1.29, 1.82) is 0 Å². The summed E-state index contributed by atoms with van der Waals surface area (Å²) >= 11 is 0. The van der Waals surface area contributed by atoms with Crippen molar-refractivity contribution in [2.24, 2.45) is 5.73 Å². The third kappa shape index (κ3) is 3.83. The molecule has 0 aliphatic rings. The average molecular weight is 256 g/mol. The van der Waals surface area contributed by atoms with Gasteiger partial charge in [-0.3, -0.25) is 4.79 Å². The van der Waals surface area contributed by atoms with Crippen LogP contribution in [0.15, 0.2) is 23.1 Å². The molecule has 1 rings (SSSR count). The van der Waals surface area contributed by atoms with Crippen LogP contribution in [0.25, 0.3) is 0 Å². The van der Waals surface area contributed by atoms with Crippen LogP contribution in [0.5, 0.6) is 0 Å². The van der Waals surface area contributed by atoms with E-state index in [0.29, 0.717) is 5.69 Å². The van der Waals surface area contributed by atoms with Gasteiger partial charge in [-0.25, -0.2) is 8.42 Å². The summed E-state index contributed by atoms with van der Waals surface area (Å²) < 4.78 is 22.8. The highest BCUT2D eigenvalue weighted by Crippen LogP contribution is 2.20. The highest BCUT2D eigenvalue weighted by molar-refractivity contribution is 7.90. The van der Waals surface area contributed by atoms with Gasteiger partial charge in [0.25, 0.3) is 0 Å². The van der Waals surface area contributed by atoms with Crippen LogP contribution in [0.4, 0.5) is 5.69 Å². The fraction of sp³-hybridized carbons (Fsp3) is 0.364. The van der Waals surface area contributed by atoms with Crippen molar-refractivity contribution in [2.45, 2.75) is 18.2 Å². The van der Waals surface area contributed by atoms with E-state index in [1.807, 2.05) is 0 Å². The molecule has 0 aliphatic heterocycles. The zero-order valence-corrected chi connectivity index (χ0v) is 10.7. The topological polar surface area (TPSA) is 89.3 Å². The summed E-state index contributed by atoms with van der Waals surface area (Å²) in [6, 6.07) is 4.64. The Bertz CT molecular complexity index is 524. The molecule has 17 heavy (non-hydrogen) atoms. The molecular formula is C11H16N2O3S. The minimum atomic E-state index is -3.27. The van der Waals surface area contributed by atoms with Gasteiger partial charge < -0.3 is 11.1 Å². The minimum Gasteiger partial charge on any atom is -0.330 e. The number of rotatable bonds is 4. The Labute approximate surface area is 101 Å². The van der Waals surface area contributed by atoms with Crippen LogP contribution in [0, 0.1) is 6.92 Å². The quantitative estimate of drug-likeness (QED) is 0.829. The maximum absolute atomic E-state index is 11.4. The lowest BCUT2D eigenvalue weighted by atomic mass is 10.2. The molecule has 1 amide bonds. The molecule has 6 heteroatoms. The van der Waals surface area contributed by atoms with Gasteiger partial charge in [-0.15, -0.1) is 0 Å². The summed E-state index contributed by atoms with van der Waals surface area (Å²) in [5, 5.41) is 2.64. The number of carbonyl (C=O) groups excluding carboxylic acids is 1. The molecule has 0 saturated carbocycles. The van der Waals surface area contributed by atoms with Gasteiger partial charge in [0.15, 0.2) is 9.84 Å². The molecule has 0 unspecified atom stereocenters. The van der Waals surface area contributed by atoms with Gasteiger partial charge in [-0.05, 0) is 24.6 Å². The van der Waals surface area contributed by atoms with E-state index in [2.05, 4.69) is 5.32 Å². The second kappa shape index (κ2) is 5.29. The smallest absolute Gasteiger partial charge is 0.225 e. The van der Waals surface area contributed by atoms with E-state index >= 15 is 0 Å². The number of nitrogens with one attached hydrogen (secondary N) is 1. The Morgan fingerprint density at radius 3 is 2.59 bits per heavy atom. The van der Waals surface area contributed by atoms with E-state index in [1.165, 1.54) is 12.1 Å². The van der Waals surface area contributed by atoms with Crippen molar-refractivity contribution in [1.82, 2.24) is 0 Å².